The number of carbonyl (C=O) groups excluding carboxylic acids is 1. The maximum absolute atomic E-state index is 11.2. The van der Waals surface area contributed by atoms with Crippen LogP contribution >= 0.6 is 11.6 Å². The van der Waals surface area contributed by atoms with Crippen LogP contribution in [0.2, 0.25) is 5.02 Å². The van der Waals surface area contributed by atoms with Gasteiger partial charge in [0.1, 0.15) is 5.75 Å². The number of carboxylic acids is 1. The van der Waals surface area contributed by atoms with E-state index in [1.807, 2.05) is 0 Å². The molecule has 0 aromatic heterocycles. The highest BCUT2D eigenvalue weighted by atomic mass is 35.5. The Labute approximate surface area is 109 Å². The number of amides is 1. The largest absolute Gasteiger partial charge is 0.482 e. The Kier molecular flexibility index (Phi) is 5.20. The Hall–Kier alpha value is -2.01. The summed E-state index contributed by atoms with van der Waals surface area (Å²) in [4.78, 5) is 21.9. The average molecular weight is 270 g/mol. The van der Waals surface area contributed by atoms with E-state index in [-0.39, 0.29) is 28.8 Å². The normalized spacial score (nSPS) is 9.61. The molecule has 0 radical (unpaired) electrons. The molecule has 1 aromatic rings. The van der Waals surface area contributed by atoms with Crippen molar-refractivity contribution in [3.05, 3.63) is 41.4 Å². The van der Waals surface area contributed by atoms with Crippen molar-refractivity contribution < 1.29 is 19.4 Å². The second-order valence-electron chi connectivity index (χ2n) is 3.33. The maximum atomic E-state index is 11.2. The van der Waals surface area contributed by atoms with Gasteiger partial charge in [-0.1, -0.05) is 17.7 Å². The van der Waals surface area contributed by atoms with Gasteiger partial charge in [0.2, 0.25) is 0 Å². The number of ether oxygens (including phenoxy) is 1. The number of halogens is 1. The lowest BCUT2D eigenvalue weighted by atomic mass is 10.2. The fourth-order valence-corrected chi connectivity index (χ4v) is 1.37. The predicted molar refractivity (Wildman–Crippen MR) is 67.1 cm³/mol. The molecule has 18 heavy (non-hydrogen) atoms. The number of carboxylic acid groups (broad SMARTS) is 1. The van der Waals surface area contributed by atoms with Gasteiger partial charge in [0.15, 0.2) is 6.61 Å². The quantitative estimate of drug-likeness (QED) is 0.771. The Balaban J connectivity index is 2.60. The van der Waals surface area contributed by atoms with Gasteiger partial charge in [0.25, 0.3) is 5.91 Å². The molecule has 0 fully saturated rings. The minimum Gasteiger partial charge on any atom is -0.482 e. The standard InChI is InChI=1S/C12H12ClNO4/c1-2-5-14-11(15)7-18-10-4-3-8(12(16)17)6-9(10)13/h2-4,6H,1,5,7H2,(H,14,15)(H,16,17). The number of carbonyl (C=O) groups is 2. The van der Waals surface area contributed by atoms with Crippen molar-refractivity contribution in [2.75, 3.05) is 13.2 Å². The predicted octanol–water partition coefficient (Wildman–Crippen LogP) is 1.72. The lowest BCUT2D eigenvalue weighted by Gasteiger charge is -2.08. The van der Waals surface area contributed by atoms with Gasteiger partial charge in [-0.2, -0.15) is 0 Å². The Morgan fingerprint density at radius 2 is 2.22 bits per heavy atom. The Morgan fingerprint density at radius 1 is 1.50 bits per heavy atom. The molecular formula is C12H12ClNO4. The summed E-state index contributed by atoms with van der Waals surface area (Å²) in [6.45, 7) is 3.62. The first-order valence-electron chi connectivity index (χ1n) is 5.08. The van der Waals surface area contributed by atoms with Crippen molar-refractivity contribution >= 4 is 23.5 Å². The van der Waals surface area contributed by atoms with Crippen molar-refractivity contribution in [3.63, 3.8) is 0 Å². The highest BCUT2D eigenvalue weighted by molar-refractivity contribution is 6.32. The molecule has 0 saturated carbocycles. The van der Waals surface area contributed by atoms with Crippen molar-refractivity contribution in [3.8, 4) is 5.75 Å². The summed E-state index contributed by atoms with van der Waals surface area (Å²) >= 11 is 5.83. The molecule has 0 aliphatic rings. The molecule has 0 aliphatic heterocycles. The second kappa shape index (κ2) is 6.66. The number of aromatic carboxylic acids is 1. The molecule has 6 heteroatoms. The molecule has 0 atom stereocenters. The van der Waals surface area contributed by atoms with Crippen LogP contribution in [-0.2, 0) is 4.79 Å². The minimum absolute atomic E-state index is 0.0588. The Bertz CT molecular complexity index is 473. The first-order valence-corrected chi connectivity index (χ1v) is 5.45. The third-order valence-electron chi connectivity index (χ3n) is 1.98. The second-order valence-corrected chi connectivity index (χ2v) is 3.74. The molecule has 1 rings (SSSR count). The smallest absolute Gasteiger partial charge is 0.335 e. The van der Waals surface area contributed by atoms with Crippen LogP contribution in [0, 0.1) is 0 Å². The van der Waals surface area contributed by atoms with Gasteiger partial charge in [0.05, 0.1) is 10.6 Å². The zero-order valence-electron chi connectivity index (χ0n) is 9.48. The summed E-state index contributed by atoms with van der Waals surface area (Å²) in [6, 6.07) is 4.03. The van der Waals surface area contributed by atoms with Crippen molar-refractivity contribution in [1.29, 1.82) is 0 Å². The van der Waals surface area contributed by atoms with Crippen LogP contribution in [0.3, 0.4) is 0 Å². The zero-order valence-corrected chi connectivity index (χ0v) is 10.2. The summed E-state index contributed by atoms with van der Waals surface area (Å²) < 4.78 is 5.16. The van der Waals surface area contributed by atoms with Crippen molar-refractivity contribution in [2.24, 2.45) is 0 Å². The van der Waals surface area contributed by atoms with Crippen LogP contribution in [0.25, 0.3) is 0 Å². The third kappa shape index (κ3) is 4.10. The molecule has 96 valence electrons. The van der Waals surface area contributed by atoms with E-state index in [0.717, 1.165) is 0 Å². The highest BCUT2D eigenvalue weighted by Crippen LogP contribution is 2.25. The first-order chi connectivity index (χ1) is 8.54. The van der Waals surface area contributed by atoms with E-state index in [0.29, 0.717) is 6.54 Å². The number of nitrogens with one attached hydrogen (secondary N) is 1. The van der Waals surface area contributed by atoms with Crippen LogP contribution in [0.5, 0.6) is 5.75 Å². The molecule has 5 nitrogen and oxygen atoms in total. The monoisotopic (exact) mass is 269 g/mol. The number of hydrogen-bond acceptors (Lipinski definition) is 3. The van der Waals surface area contributed by atoms with E-state index in [4.69, 9.17) is 21.4 Å². The lowest BCUT2D eigenvalue weighted by Crippen LogP contribution is -2.28. The van der Waals surface area contributed by atoms with Crippen molar-refractivity contribution in [1.82, 2.24) is 5.32 Å². The molecular weight excluding hydrogens is 258 g/mol. The zero-order chi connectivity index (χ0) is 13.5. The molecule has 0 heterocycles. The molecule has 0 aliphatic carbocycles. The van der Waals surface area contributed by atoms with Gasteiger partial charge in [-0.05, 0) is 18.2 Å². The van der Waals surface area contributed by atoms with Gasteiger partial charge in [-0.25, -0.2) is 4.79 Å². The number of hydrogen-bond donors (Lipinski definition) is 2. The fraction of sp³-hybridized carbons (Fsp3) is 0.167. The van der Waals surface area contributed by atoms with E-state index < -0.39 is 5.97 Å². The first kappa shape index (κ1) is 14.1. The highest BCUT2D eigenvalue weighted by Gasteiger charge is 2.09. The van der Waals surface area contributed by atoms with Gasteiger partial charge in [-0.3, -0.25) is 4.79 Å². The molecule has 1 aromatic carbocycles. The third-order valence-corrected chi connectivity index (χ3v) is 2.28. The summed E-state index contributed by atoms with van der Waals surface area (Å²) in [5.41, 5.74) is 0.0588. The molecule has 0 spiro atoms. The van der Waals surface area contributed by atoms with Crippen LogP contribution in [-0.4, -0.2) is 30.1 Å². The maximum Gasteiger partial charge on any atom is 0.335 e. The SMILES string of the molecule is C=CCNC(=O)COc1ccc(C(=O)O)cc1Cl. The molecule has 2 N–H and O–H groups in total. The Morgan fingerprint density at radius 3 is 2.78 bits per heavy atom. The van der Waals surface area contributed by atoms with Gasteiger partial charge in [0, 0.05) is 6.54 Å². The summed E-state index contributed by atoms with van der Waals surface area (Å²) in [5, 5.41) is 11.4. The molecule has 1 amide bonds. The summed E-state index contributed by atoms with van der Waals surface area (Å²) in [7, 11) is 0. The van der Waals surface area contributed by atoms with Gasteiger partial charge in [-0.15, -0.1) is 6.58 Å². The van der Waals surface area contributed by atoms with Crippen molar-refractivity contribution in [2.45, 2.75) is 0 Å². The van der Waals surface area contributed by atoms with Crippen LogP contribution < -0.4 is 10.1 Å². The van der Waals surface area contributed by atoms with E-state index in [1.165, 1.54) is 18.2 Å². The van der Waals surface area contributed by atoms with E-state index in [1.54, 1.807) is 6.08 Å². The van der Waals surface area contributed by atoms with E-state index in [9.17, 15) is 9.59 Å². The topological polar surface area (TPSA) is 75.6 Å². The average Bonchev–Trinajstić information content (AvgIpc) is 2.34. The summed E-state index contributed by atoms with van der Waals surface area (Å²) in [5.74, 6) is -1.13. The van der Waals surface area contributed by atoms with Gasteiger partial charge < -0.3 is 15.2 Å². The molecule has 0 unspecified atom stereocenters. The minimum atomic E-state index is -1.08. The summed E-state index contributed by atoms with van der Waals surface area (Å²) in [6.07, 6.45) is 1.55. The van der Waals surface area contributed by atoms with E-state index in [2.05, 4.69) is 11.9 Å². The number of rotatable bonds is 6. The van der Waals surface area contributed by atoms with Crippen LogP contribution in [0.15, 0.2) is 30.9 Å². The fourth-order valence-electron chi connectivity index (χ4n) is 1.13. The molecule has 0 bridgehead atoms. The van der Waals surface area contributed by atoms with Crippen LogP contribution in [0.1, 0.15) is 10.4 Å². The molecule has 0 saturated heterocycles. The van der Waals surface area contributed by atoms with Crippen LogP contribution in [0.4, 0.5) is 0 Å². The van der Waals surface area contributed by atoms with E-state index >= 15 is 0 Å². The lowest BCUT2D eigenvalue weighted by molar-refractivity contribution is -0.122. The number of benzene rings is 1. The van der Waals surface area contributed by atoms with Gasteiger partial charge >= 0.3 is 5.97 Å².